The molecule has 2 aromatic rings. The molecular formula is C23H25F3N2O2. The van der Waals surface area contributed by atoms with Gasteiger partial charge in [-0.05, 0) is 54.7 Å². The van der Waals surface area contributed by atoms with Gasteiger partial charge in [-0.25, -0.2) is 0 Å². The first kappa shape index (κ1) is 21.9. The molecule has 2 N–H and O–H groups in total. The Morgan fingerprint density at radius 1 is 1.03 bits per heavy atom. The Kier molecular flexibility index (Phi) is 6.80. The van der Waals surface area contributed by atoms with E-state index in [-0.39, 0.29) is 30.6 Å². The van der Waals surface area contributed by atoms with Gasteiger partial charge in [-0.2, -0.15) is 13.2 Å². The van der Waals surface area contributed by atoms with Crippen LogP contribution in [0.3, 0.4) is 0 Å². The van der Waals surface area contributed by atoms with Crippen LogP contribution >= 0.6 is 0 Å². The molecule has 2 aromatic carbocycles. The monoisotopic (exact) mass is 418 g/mol. The lowest BCUT2D eigenvalue weighted by atomic mass is 10.0. The fourth-order valence-electron chi connectivity index (χ4n) is 3.82. The fraction of sp³-hybridized carbons (Fsp3) is 0.391. The number of nitrogens with two attached hydrogens (primary N) is 1. The average Bonchev–Trinajstić information content (AvgIpc) is 3.21. The molecule has 0 saturated carbocycles. The molecule has 1 heterocycles. The predicted molar refractivity (Wildman–Crippen MR) is 109 cm³/mol. The maximum absolute atomic E-state index is 13.0. The molecule has 0 aromatic heterocycles. The number of carbonyl (C=O) groups is 2. The van der Waals surface area contributed by atoms with Gasteiger partial charge in [-0.3, -0.25) is 9.59 Å². The molecule has 160 valence electrons. The quantitative estimate of drug-likeness (QED) is 0.649. The van der Waals surface area contributed by atoms with Gasteiger partial charge in [0.25, 0.3) is 0 Å². The smallest absolute Gasteiger partial charge is 0.399 e. The Bertz CT molecular complexity index is 894. The van der Waals surface area contributed by atoms with Crippen LogP contribution in [0.5, 0.6) is 0 Å². The molecule has 1 aliphatic heterocycles. The summed E-state index contributed by atoms with van der Waals surface area (Å²) in [6.07, 6.45) is -1.91. The maximum atomic E-state index is 13.0. The van der Waals surface area contributed by atoms with E-state index in [4.69, 9.17) is 5.73 Å². The van der Waals surface area contributed by atoms with Crippen LogP contribution in [-0.2, 0) is 22.2 Å². The van der Waals surface area contributed by atoms with Crippen molar-refractivity contribution in [1.82, 2.24) is 4.90 Å². The molecule has 0 bridgehead atoms. The summed E-state index contributed by atoms with van der Waals surface area (Å²) in [5.74, 6) is -0.189. The lowest BCUT2D eigenvalue weighted by molar-refractivity contribution is -0.137. The first-order valence-corrected chi connectivity index (χ1v) is 10.1. The number of hydrogen-bond donors (Lipinski definition) is 1. The second kappa shape index (κ2) is 9.32. The van der Waals surface area contributed by atoms with Gasteiger partial charge in [0.1, 0.15) is 5.78 Å². The molecule has 1 unspecified atom stereocenters. The summed E-state index contributed by atoms with van der Waals surface area (Å²) in [6.45, 7) is 0.499. The molecule has 0 radical (unpaired) electrons. The van der Waals surface area contributed by atoms with E-state index >= 15 is 0 Å². The summed E-state index contributed by atoms with van der Waals surface area (Å²) < 4.78 is 39.0. The first-order valence-electron chi connectivity index (χ1n) is 10.1. The molecule has 3 rings (SSSR count). The van der Waals surface area contributed by atoms with E-state index in [1.807, 2.05) is 12.1 Å². The van der Waals surface area contributed by atoms with Gasteiger partial charge in [0.2, 0.25) is 5.91 Å². The largest absolute Gasteiger partial charge is 0.416 e. The van der Waals surface area contributed by atoms with Crippen molar-refractivity contribution in [3.63, 3.8) is 0 Å². The number of benzene rings is 2. The van der Waals surface area contributed by atoms with Gasteiger partial charge >= 0.3 is 6.18 Å². The zero-order chi connectivity index (χ0) is 21.7. The Morgan fingerprint density at radius 2 is 1.77 bits per heavy atom. The number of ketones is 1. The molecule has 0 aliphatic carbocycles. The number of anilines is 1. The molecule has 30 heavy (non-hydrogen) atoms. The maximum Gasteiger partial charge on any atom is 0.416 e. The normalized spacial score (nSPS) is 16.6. The summed E-state index contributed by atoms with van der Waals surface area (Å²) in [6, 6.07) is 12.1. The number of rotatable bonds is 7. The predicted octanol–water partition coefficient (Wildman–Crippen LogP) is 4.93. The molecule has 4 nitrogen and oxygen atoms in total. The Labute approximate surface area is 173 Å². The van der Waals surface area contributed by atoms with Crippen molar-refractivity contribution in [1.29, 1.82) is 0 Å². The average molecular weight is 418 g/mol. The number of nitrogens with zero attached hydrogens (tertiary/aromatic N) is 1. The summed E-state index contributed by atoms with van der Waals surface area (Å²) >= 11 is 0. The highest BCUT2D eigenvalue weighted by Crippen LogP contribution is 2.36. The number of alkyl halides is 3. The van der Waals surface area contributed by atoms with Crippen LogP contribution in [0.15, 0.2) is 48.5 Å². The van der Waals surface area contributed by atoms with E-state index in [1.165, 1.54) is 6.07 Å². The minimum absolute atomic E-state index is 0.00464. The van der Waals surface area contributed by atoms with Gasteiger partial charge in [-0.1, -0.05) is 24.3 Å². The highest BCUT2D eigenvalue weighted by atomic mass is 19.4. The van der Waals surface area contributed by atoms with Crippen molar-refractivity contribution >= 4 is 17.4 Å². The number of likely N-dealkylation sites (tertiary alicyclic amines) is 1. The molecule has 1 fully saturated rings. The van der Waals surface area contributed by atoms with E-state index < -0.39 is 11.7 Å². The summed E-state index contributed by atoms with van der Waals surface area (Å²) in [4.78, 5) is 26.5. The molecule has 1 saturated heterocycles. The van der Waals surface area contributed by atoms with E-state index in [0.717, 1.165) is 24.1 Å². The lowest BCUT2D eigenvalue weighted by Gasteiger charge is -2.25. The second-order valence-electron chi connectivity index (χ2n) is 7.65. The SMILES string of the molecule is Nc1ccc(CCC(=O)CCC(=O)N2CCCC2c2cccc(C(F)(F)F)c2)cc1. The zero-order valence-corrected chi connectivity index (χ0v) is 16.6. The number of Topliss-reactive ketones (excluding diaryl/α,β-unsaturated/α-hetero) is 1. The number of nitrogen functional groups attached to an aromatic ring is 1. The Balaban J connectivity index is 1.54. The standard InChI is InChI=1S/C23H25F3N2O2/c24-23(25,26)18-4-1-3-17(15-18)21-5-2-14-28(21)22(30)13-12-20(29)11-8-16-6-9-19(27)10-7-16/h1,3-4,6-7,9-10,15,21H,2,5,8,11-14,27H2. The van der Waals surface area contributed by atoms with E-state index in [1.54, 1.807) is 23.1 Å². The minimum atomic E-state index is -4.42. The molecule has 0 spiro atoms. The molecular weight excluding hydrogens is 393 g/mol. The second-order valence-corrected chi connectivity index (χ2v) is 7.65. The molecule has 7 heteroatoms. The van der Waals surface area contributed by atoms with Crippen LogP contribution in [0.2, 0.25) is 0 Å². The van der Waals surface area contributed by atoms with Crippen LogP contribution in [0.25, 0.3) is 0 Å². The van der Waals surface area contributed by atoms with Crippen LogP contribution in [0, 0.1) is 0 Å². The van der Waals surface area contributed by atoms with Crippen molar-refractivity contribution in [3.8, 4) is 0 Å². The first-order chi connectivity index (χ1) is 14.2. The van der Waals surface area contributed by atoms with Crippen LogP contribution in [-0.4, -0.2) is 23.1 Å². The third-order valence-corrected chi connectivity index (χ3v) is 5.46. The summed E-state index contributed by atoms with van der Waals surface area (Å²) in [5, 5.41) is 0. The van der Waals surface area contributed by atoms with Crippen molar-refractivity contribution in [2.24, 2.45) is 0 Å². The third-order valence-electron chi connectivity index (χ3n) is 5.46. The van der Waals surface area contributed by atoms with Gasteiger partial charge in [-0.15, -0.1) is 0 Å². The number of amides is 1. The van der Waals surface area contributed by atoms with Gasteiger partial charge in [0, 0.05) is 31.5 Å². The van der Waals surface area contributed by atoms with E-state index in [0.29, 0.717) is 37.1 Å². The molecule has 1 atom stereocenters. The Morgan fingerprint density at radius 3 is 2.47 bits per heavy atom. The number of carbonyl (C=O) groups excluding carboxylic acids is 2. The van der Waals surface area contributed by atoms with Crippen molar-refractivity contribution in [2.45, 2.75) is 50.7 Å². The van der Waals surface area contributed by atoms with Gasteiger partial charge in [0.05, 0.1) is 11.6 Å². The third kappa shape index (κ3) is 5.62. The van der Waals surface area contributed by atoms with Crippen molar-refractivity contribution in [2.75, 3.05) is 12.3 Å². The zero-order valence-electron chi connectivity index (χ0n) is 16.6. The highest BCUT2D eigenvalue weighted by Gasteiger charge is 2.34. The van der Waals surface area contributed by atoms with Crippen molar-refractivity contribution < 1.29 is 22.8 Å². The number of halogens is 3. The van der Waals surface area contributed by atoms with Crippen LogP contribution in [0.1, 0.15) is 54.8 Å². The Hall–Kier alpha value is -2.83. The van der Waals surface area contributed by atoms with E-state index in [9.17, 15) is 22.8 Å². The minimum Gasteiger partial charge on any atom is -0.399 e. The van der Waals surface area contributed by atoms with Gasteiger partial charge < -0.3 is 10.6 Å². The number of hydrogen-bond acceptors (Lipinski definition) is 3. The fourth-order valence-corrected chi connectivity index (χ4v) is 3.82. The van der Waals surface area contributed by atoms with Crippen molar-refractivity contribution in [3.05, 3.63) is 65.2 Å². The van der Waals surface area contributed by atoms with Gasteiger partial charge in [0.15, 0.2) is 0 Å². The molecule has 1 amide bonds. The van der Waals surface area contributed by atoms with Crippen LogP contribution in [0.4, 0.5) is 18.9 Å². The highest BCUT2D eigenvalue weighted by molar-refractivity contribution is 5.85. The lowest BCUT2D eigenvalue weighted by Crippen LogP contribution is -2.31. The molecule has 1 aliphatic rings. The summed E-state index contributed by atoms with van der Waals surface area (Å²) in [7, 11) is 0. The van der Waals surface area contributed by atoms with Crippen LogP contribution < -0.4 is 5.73 Å². The van der Waals surface area contributed by atoms with E-state index in [2.05, 4.69) is 0 Å². The topological polar surface area (TPSA) is 63.4 Å². The summed E-state index contributed by atoms with van der Waals surface area (Å²) in [5.41, 5.74) is 7.09. The number of aryl methyl sites for hydroxylation is 1.